The van der Waals surface area contributed by atoms with E-state index in [1.54, 1.807) is 0 Å². The number of hydrogen-bond acceptors (Lipinski definition) is 3. The summed E-state index contributed by atoms with van der Waals surface area (Å²) >= 11 is 0. The summed E-state index contributed by atoms with van der Waals surface area (Å²) in [6.07, 6.45) is 4.00. The molecule has 1 aliphatic heterocycles. The molecule has 1 fully saturated rings. The van der Waals surface area contributed by atoms with E-state index >= 15 is 0 Å². The van der Waals surface area contributed by atoms with Crippen LogP contribution < -0.4 is 0 Å². The molecule has 2 unspecified atom stereocenters. The number of rotatable bonds is 5. The number of likely N-dealkylation sites (tertiary alicyclic amines) is 1. The minimum Gasteiger partial charge on any atom is -0.392 e. The predicted molar refractivity (Wildman–Crippen MR) is 89.4 cm³/mol. The topological polar surface area (TPSA) is 47.3 Å². The molecule has 2 atom stereocenters. The van der Waals surface area contributed by atoms with Gasteiger partial charge in [-0.15, -0.1) is 0 Å². The number of aliphatic hydroxyl groups excluding tert-OH is 1. The lowest BCUT2D eigenvalue weighted by atomic mass is 9.82. The summed E-state index contributed by atoms with van der Waals surface area (Å²) in [6, 6.07) is 10.9. The van der Waals surface area contributed by atoms with Gasteiger partial charge in [-0.25, -0.2) is 0 Å². The molecule has 1 saturated heterocycles. The molecule has 0 aliphatic carbocycles. The molecule has 0 radical (unpaired) electrons. The molecule has 3 nitrogen and oxygen atoms in total. The Morgan fingerprint density at radius 2 is 2.09 bits per heavy atom. The third-order valence-corrected chi connectivity index (χ3v) is 4.87. The van der Waals surface area contributed by atoms with Gasteiger partial charge in [0.05, 0.1) is 17.6 Å². The van der Waals surface area contributed by atoms with Gasteiger partial charge in [0, 0.05) is 12.6 Å². The second kappa shape index (κ2) is 7.26. The van der Waals surface area contributed by atoms with Gasteiger partial charge in [-0.3, -0.25) is 4.90 Å². The van der Waals surface area contributed by atoms with Crippen molar-refractivity contribution in [3.05, 3.63) is 35.4 Å². The summed E-state index contributed by atoms with van der Waals surface area (Å²) in [7, 11) is 0. The number of nitriles is 1. The largest absolute Gasteiger partial charge is 0.392 e. The highest BCUT2D eigenvalue weighted by atomic mass is 16.3. The minimum absolute atomic E-state index is 0.247. The highest BCUT2D eigenvalue weighted by Gasteiger charge is 2.29. The molecule has 22 heavy (non-hydrogen) atoms. The molecule has 0 spiro atoms. The summed E-state index contributed by atoms with van der Waals surface area (Å²) < 4.78 is 0. The molecular weight excluding hydrogens is 272 g/mol. The van der Waals surface area contributed by atoms with E-state index in [1.807, 2.05) is 32.9 Å². The smallest absolute Gasteiger partial charge is 0.0769 e. The Morgan fingerprint density at radius 3 is 2.77 bits per heavy atom. The van der Waals surface area contributed by atoms with Gasteiger partial charge in [0.15, 0.2) is 0 Å². The molecule has 0 saturated carbocycles. The standard InChI is InChI=1S/C19H28N2O/c1-4-18(22)17-11-7-8-12-21(17)13-15-9-5-6-10-16(15)19(2,3)14-20/h5-6,9-10,17-18,22H,4,7-8,11-13H2,1-3H3. The zero-order valence-electron chi connectivity index (χ0n) is 14.0. The van der Waals surface area contributed by atoms with E-state index in [4.69, 9.17) is 0 Å². The molecule has 0 bridgehead atoms. The maximum atomic E-state index is 10.3. The van der Waals surface area contributed by atoms with E-state index < -0.39 is 5.41 Å². The molecule has 1 heterocycles. The zero-order chi connectivity index (χ0) is 16.2. The average Bonchev–Trinajstić information content (AvgIpc) is 2.55. The maximum Gasteiger partial charge on any atom is 0.0769 e. The van der Waals surface area contributed by atoms with Crippen molar-refractivity contribution >= 4 is 0 Å². The average molecular weight is 300 g/mol. The molecule has 1 aromatic rings. The lowest BCUT2D eigenvalue weighted by molar-refractivity contribution is 0.0193. The van der Waals surface area contributed by atoms with Crippen molar-refractivity contribution in [2.45, 2.75) is 70.6 Å². The first-order chi connectivity index (χ1) is 10.5. The summed E-state index contributed by atoms with van der Waals surface area (Å²) in [5.74, 6) is 0. The van der Waals surface area contributed by atoms with Crippen LogP contribution in [-0.4, -0.2) is 28.7 Å². The number of aliphatic hydroxyl groups is 1. The monoisotopic (exact) mass is 300 g/mol. The summed E-state index contributed by atoms with van der Waals surface area (Å²) in [4.78, 5) is 2.41. The van der Waals surface area contributed by atoms with Gasteiger partial charge in [0.2, 0.25) is 0 Å². The van der Waals surface area contributed by atoms with Crippen LogP contribution in [0.15, 0.2) is 24.3 Å². The highest BCUT2D eigenvalue weighted by Crippen LogP contribution is 2.29. The molecule has 3 heteroatoms. The quantitative estimate of drug-likeness (QED) is 0.903. The fourth-order valence-corrected chi connectivity index (χ4v) is 3.47. The van der Waals surface area contributed by atoms with Gasteiger partial charge < -0.3 is 5.11 Å². The Morgan fingerprint density at radius 1 is 1.36 bits per heavy atom. The second-order valence-electron chi connectivity index (χ2n) is 6.90. The van der Waals surface area contributed by atoms with Crippen LogP contribution in [0.3, 0.4) is 0 Å². The van der Waals surface area contributed by atoms with Crippen molar-refractivity contribution in [1.29, 1.82) is 5.26 Å². The van der Waals surface area contributed by atoms with Crippen molar-refractivity contribution in [3.63, 3.8) is 0 Å². The van der Waals surface area contributed by atoms with Gasteiger partial charge in [0.25, 0.3) is 0 Å². The van der Waals surface area contributed by atoms with Crippen molar-refractivity contribution < 1.29 is 5.11 Å². The van der Waals surface area contributed by atoms with Crippen LogP contribution in [0.5, 0.6) is 0 Å². The SMILES string of the molecule is CCC(O)C1CCCCN1Cc1ccccc1C(C)(C)C#N. The summed E-state index contributed by atoms with van der Waals surface area (Å²) in [5, 5.41) is 19.8. The van der Waals surface area contributed by atoms with Crippen LogP contribution in [0, 0.1) is 11.3 Å². The summed E-state index contributed by atoms with van der Waals surface area (Å²) in [6.45, 7) is 7.84. The van der Waals surface area contributed by atoms with E-state index in [0.717, 1.165) is 31.5 Å². The number of piperidine rings is 1. The molecule has 0 amide bonds. The maximum absolute atomic E-state index is 10.3. The fourth-order valence-electron chi connectivity index (χ4n) is 3.47. The Bertz CT molecular complexity index is 532. The van der Waals surface area contributed by atoms with Gasteiger partial charge >= 0.3 is 0 Å². The Kier molecular flexibility index (Phi) is 5.61. The second-order valence-corrected chi connectivity index (χ2v) is 6.90. The van der Waals surface area contributed by atoms with Gasteiger partial charge in [-0.2, -0.15) is 5.26 Å². The van der Waals surface area contributed by atoms with Gasteiger partial charge in [-0.1, -0.05) is 37.6 Å². The van der Waals surface area contributed by atoms with Gasteiger partial charge in [0.1, 0.15) is 0 Å². The molecule has 1 aliphatic rings. The normalized spacial score (nSPS) is 21.3. The van der Waals surface area contributed by atoms with Gasteiger partial charge in [-0.05, 0) is 50.8 Å². The Balaban J connectivity index is 2.24. The van der Waals surface area contributed by atoms with Crippen LogP contribution in [0.4, 0.5) is 0 Å². The van der Waals surface area contributed by atoms with E-state index in [9.17, 15) is 10.4 Å². The van der Waals surface area contributed by atoms with E-state index in [0.29, 0.717) is 0 Å². The highest BCUT2D eigenvalue weighted by molar-refractivity contribution is 5.37. The van der Waals surface area contributed by atoms with E-state index in [1.165, 1.54) is 18.4 Å². The van der Waals surface area contributed by atoms with Crippen molar-refractivity contribution in [3.8, 4) is 6.07 Å². The first kappa shape index (κ1) is 17.0. The van der Waals surface area contributed by atoms with E-state index in [-0.39, 0.29) is 12.1 Å². The fraction of sp³-hybridized carbons (Fsp3) is 0.632. The lowest BCUT2D eigenvalue weighted by Gasteiger charge is -2.39. The lowest BCUT2D eigenvalue weighted by Crippen LogP contribution is -2.46. The number of hydrogen-bond donors (Lipinski definition) is 1. The third kappa shape index (κ3) is 3.69. The van der Waals surface area contributed by atoms with Crippen LogP contribution in [0.2, 0.25) is 0 Å². The van der Waals surface area contributed by atoms with Crippen LogP contribution in [-0.2, 0) is 12.0 Å². The van der Waals surface area contributed by atoms with E-state index in [2.05, 4.69) is 23.1 Å². The molecular formula is C19H28N2O. The zero-order valence-corrected chi connectivity index (χ0v) is 14.0. The van der Waals surface area contributed by atoms with Crippen LogP contribution in [0.25, 0.3) is 0 Å². The Labute approximate surface area is 134 Å². The molecule has 120 valence electrons. The van der Waals surface area contributed by atoms with Crippen LogP contribution in [0.1, 0.15) is 57.6 Å². The number of nitrogens with zero attached hydrogens (tertiary/aromatic N) is 2. The van der Waals surface area contributed by atoms with Crippen molar-refractivity contribution in [2.75, 3.05) is 6.54 Å². The Hall–Kier alpha value is -1.37. The molecule has 1 aromatic carbocycles. The van der Waals surface area contributed by atoms with Crippen molar-refractivity contribution in [1.82, 2.24) is 4.90 Å². The molecule has 2 rings (SSSR count). The third-order valence-electron chi connectivity index (χ3n) is 4.87. The summed E-state index contributed by atoms with van der Waals surface area (Å²) in [5.41, 5.74) is 1.84. The first-order valence-electron chi connectivity index (χ1n) is 8.41. The molecule has 0 aromatic heterocycles. The number of benzene rings is 1. The first-order valence-corrected chi connectivity index (χ1v) is 8.41. The van der Waals surface area contributed by atoms with Crippen molar-refractivity contribution in [2.24, 2.45) is 0 Å². The minimum atomic E-state index is -0.481. The predicted octanol–water partition coefficient (Wildman–Crippen LogP) is 3.61. The van der Waals surface area contributed by atoms with Crippen LogP contribution >= 0.6 is 0 Å². The molecule has 1 N–H and O–H groups in total.